The Hall–Kier alpha value is -2.88. The number of nitrogens with zero attached hydrogens (tertiary/aromatic N) is 2. The molecule has 3 aromatic rings. The number of hydrogen-bond acceptors (Lipinski definition) is 2. The van der Waals surface area contributed by atoms with Crippen molar-refractivity contribution in [2.45, 2.75) is 118 Å². The van der Waals surface area contributed by atoms with E-state index in [9.17, 15) is 4.79 Å². The first kappa shape index (κ1) is 32.7. The lowest BCUT2D eigenvalue weighted by molar-refractivity contribution is -0.658. The van der Waals surface area contributed by atoms with E-state index in [1.807, 2.05) is 24.3 Å². The summed E-state index contributed by atoms with van der Waals surface area (Å²) in [6.45, 7) is 13.1. The van der Waals surface area contributed by atoms with E-state index in [1.54, 1.807) is 12.7 Å². The summed E-state index contributed by atoms with van der Waals surface area (Å²) in [6, 6.07) is 16.6. The maximum atomic E-state index is 13.4. The highest BCUT2D eigenvalue weighted by atomic mass is 16.5. The molecule has 0 amide bonds. The summed E-state index contributed by atoms with van der Waals surface area (Å²) in [7, 11) is 1.66. The van der Waals surface area contributed by atoms with Gasteiger partial charge in [-0.2, -0.15) is 0 Å². The summed E-state index contributed by atoms with van der Waals surface area (Å²) in [5, 5.41) is 0. The fourth-order valence-corrected chi connectivity index (χ4v) is 11.5. The molecule has 2 aromatic carbocycles. The summed E-state index contributed by atoms with van der Waals surface area (Å²) in [5.41, 5.74) is 5.72. The molecule has 4 aliphatic carbocycles. The molecule has 4 nitrogen and oxygen atoms in total. The molecular weight excluding hydrogens is 576 g/mol. The number of fused-ring (bicyclic) bond motifs is 6. The van der Waals surface area contributed by atoms with Crippen molar-refractivity contribution in [3.8, 4) is 5.75 Å². The third kappa shape index (κ3) is 5.80. The lowest BCUT2D eigenvalue weighted by Crippen LogP contribution is -2.50. The quantitative estimate of drug-likeness (QED) is 0.126. The molecule has 7 rings (SSSR count). The molecule has 0 unspecified atom stereocenters. The van der Waals surface area contributed by atoms with Gasteiger partial charge in [0.1, 0.15) is 11.8 Å². The molecule has 3 fully saturated rings. The maximum Gasteiger partial charge on any atom is 0.245 e. The smallest absolute Gasteiger partial charge is 0.245 e. The monoisotopic (exact) mass is 635 g/mol. The standard InChI is InChI=1S/C43H59N2O2/c1-29(2)10-9-11-30(3)36-20-21-37-35-19-16-32-26-33(22-24-42(32,4)38(35)23-25-43(36,37)5)45-28-44(39-12-7-8-13-40(39)45)27-41(46)31-14-17-34(47-6)18-15-31/h7-8,12-18,28-30,33,35-38H,9-11,19-27H2,1-6H3/q+1/t30-,33-,35+,36-,37+,38+,42+,43-/m1/s1. The predicted octanol–water partition coefficient (Wildman–Crippen LogP) is 10.4. The fourth-order valence-electron chi connectivity index (χ4n) is 11.5. The van der Waals surface area contributed by atoms with E-state index in [1.165, 1.54) is 69.7 Å². The number of carbonyl (C=O) groups is 1. The van der Waals surface area contributed by atoms with Crippen LogP contribution in [0.2, 0.25) is 0 Å². The van der Waals surface area contributed by atoms with Crippen molar-refractivity contribution in [2.75, 3.05) is 7.11 Å². The second-order valence-electron chi connectivity index (χ2n) is 17.0. The van der Waals surface area contributed by atoms with Gasteiger partial charge in [-0.15, -0.1) is 0 Å². The molecule has 4 aliphatic rings. The van der Waals surface area contributed by atoms with E-state index in [4.69, 9.17) is 4.74 Å². The van der Waals surface area contributed by atoms with Crippen molar-refractivity contribution in [1.82, 2.24) is 4.57 Å². The number of Topliss-reactive ketones (excluding diaryl/α,β-unsaturated/α-hetero) is 1. The van der Waals surface area contributed by atoms with Crippen LogP contribution in [-0.4, -0.2) is 17.5 Å². The van der Waals surface area contributed by atoms with E-state index >= 15 is 0 Å². The number of para-hydroxylation sites is 2. The minimum Gasteiger partial charge on any atom is -0.497 e. The molecule has 252 valence electrons. The Balaban J connectivity index is 1.08. The zero-order valence-corrected chi connectivity index (χ0v) is 30.0. The number of hydrogen-bond donors (Lipinski definition) is 0. The molecule has 0 bridgehead atoms. The van der Waals surface area contributed by atoms with Gasteiger partial charge in [-0.05, 0) is 128 Å². The van der Waals surface area contributed by atoms with E-state index < -0.39 is 0 Å². The van der Waals surface area contributed by atoms with Crippen LogP contribution in [0.5, 0.6) is 5.75 Å². The van der Waals surface area contributed by atoms with Gasteiger partial charge in [0, 0.05) is 12.0 Å². The Morgan fingerprint density at radius 2 is 1.74 bits per heavy atom. The molecule has 0 spiro atoms. The number of imidazole rings is 1. The highest BCUT2D eigenvalue weighted by Crippen LogP contribution is 2.67. The lowest BCUT2D eigenvalue weighted by Gasteiger charge is -2.58. The molecule has 3 saturated carbocycles. The zero-order valence-electron chi connectivity index (χ0n) is 30.0. The van der Waals surface area contributed by atoms with Gasteiger partial charge >= 0.3 is 0 Å². The number of carbonyl (C=O) groups excluding carboxylic acids is 1. The molecule has 0 radical (unpaired) electrons. The Morgan fingerprint density at radius 1 is 0.957 bits per heavy atom. The molecule has 4 heteroatoms. The van der Waals surface area contributed by atoms with E-state index in [-0.39, 0.29) is 5.78 Å². The predicted molar refractivity (Wildman–Crippen MR) is 192 cm³/mol. The van der Waals surface area contributed by atoms with Crippen LogP contribution >= 0.6 is 0 Å². The first-order valence-corrected chi connectivity index (χ1v) is 19.0. The summed E-state index contributed by atoms with van der Waals surface area (Å²) in [6.07, 6.45) is 19.9. The first-order valence-electron chi connectivity index (χ1n) is 19.0. The molecule has 8 atom stereocenters. The van der Waals surface area contributed by atoms with Crippen molar-refractivity contribution < 1.29 is 14.1 Å². The van der Waals surface area contributed by atoms with Crippen LogP contribution in [0, 0.1) is 46.3 Å². The van der Waals surface area contributed by atoms with Crippen LogP contribution in [-0.2, 0) is 6.54 Å². The minimum absolute atomic E-state index is 0.126. The Bertz CT molecular complexity index is 1620. The van der Waals surface area contributed by atoms with Crippen molar-refractivity contribution in [2.24, 2.45) is 46.3 Å². The third-order valence-corrected chi connectivity index (χ3v) is 14.1. The average molecular weight is 636 g/mol. The number of methoxy groups -OCH3 is 1. The van der Waals surface area contributed by atoms with Gasteiger partial charge in [0.05, 0.1) is 7.11 Å². The van der Waals surface area contributed by atoms with Gasteiger partial charge in [0.15, 0.2) is 17.6 Å². The topological polar surface area (TPSA) is 35.1 Å². The number of benzene rings is 2. The van der Waals surface area contributed by atoms with Crippen LogP contribution in [0.25, 0.3) is 11.0 Å². The van der Waals surface area contributed by atoms with Crippen LogP contribution < -0.4 is 9.30 Å². The molecule has 1 aromatic heterocycles. The van der Waals surface area contributed by atoms with Gasteiger partial charge in [0.2, 0.25) is 12.1 Å². The molecule has 1 heterocycles. The molecule has 0 aliphatic heterocycles. The average Bonchev–Trinajstić information content (AvgIpc) is 3.62. The van der Waals surface area contributed by atoms with Crippen LogP contribution in [0.4, 0.5) is 0 Å². The number of rotatable bonds is 10. The Labute approximate surface area is 284 Å². The molecular formula is C43H59N2O2+. The van der Waals surface area contributed by atoms with Crippen molar-refractivity contribution in [3.05, 3.63) is 72.1 Å². The van der Waals surface area contributed by atoms with E-state index in [0.717, 1.165) is 58.8 Å². The molecule has 47 heavy (non-hydrogen) atoms. The summed E-state index contributed by atoms with van der Waals surface area (Å²) >= 11 is 0. The second-order valence-corrected chi connectivity index (χ2v) is 17.0. The van der Waals surface area contributed by atoms with Gasteiger partial charge in [-0.3, -0.25) is 4.79 Å². The zero-order chi connectivity index (χ0) is 32.9. The SMILES string of the molecule is COc1ccc(C(=O)C[n+]2cn([C@@H]3CC[C@@]4(C)C(=CC[C@H]5[C@@H]6CC[C@H]([C@H](C)CCCC(C)C)[C@@]6(C)CC[C@@H]54)C3)c3ccccc32)cc1. The van der Waals surface area contributed by atoms with Gasteiger partial charge in [0.25, 0.3) is 0 Å². The largest absolute Gasteiger partial charge is 0.497 e. The maximum absolute atomic E-state index is 13.4. The molecule has 0 saturated heterocycles. The Morgan fingerprint density at radius 3 is 2.51 bits per heavy atom. The first-order chi connectivity index (χ1) is 22.6. The van der Waals surface area contributed by atoms with Gasteiger partial charge < -0.3 is 4.74 Å². The highest BCUT2D eigenvalue weighted by Gasteiger charge is 2.59. The fraction of sp³-hybridized carbons (Fsp3) is 0.628. The van der Waals surface area contributed by atoms with Gasteiger partial charge in [-0.25, -0.2) is 9.13 Å². The number of ketones is 1. The summed E-state index contributed by atoms with van der Waals surface area (Å²) < 4.78 is 9.97. The number of allylic oxidation sites excluding steroid dienone is 2. The summed E-state index contributed by atoms with van der Waals surface area (Å²) in [4.78, 5) is 13.4. The van der Waals surface area contributed by atoms with Crippen molar-refractivity contribution in [1.29, 1.82) is 0 Å². The molecule has 0 N–H and O–H groups in total. The minimum atomic E-state index is 0.126. The third-order valence-electron chi connectivity index (χ3n) is 14.1. The van der Waals surface area contributed by atoms with Crippen LogP contribution in [0.3, 0.4) is 0 Å². The van der Waals surface area contributed by atoms with E-state index in [0.29, 0.717) is 23.4 Å². The number of aromatic nitrogens is 2. The second kappa shape index (κ2) is 12.9. The van der Waals surface area contributed by atoms with Crippen molar-refractivity contribution in [3.63, 3.8) is 0 Å². The van der Waals surface area contributed by atoms with Crippen molar-refractivity contribution >= 4 is 16.8 Å². The van der Waals surface area contributed by atoms with Crippen LogP contribution in [0.15, 0.2) is 66.5 Å². The van der Waals surface area contributed by atoms with Gasteiger partial charge in [-0.1, -0.05) is 77.7 Å². The highest BCUT2D eigenvalue weighted by molar-refractivity contribution is 5.95. The van der Waals surface area contributed by atoms with E-state index in [2.05, 4.69) is 80.4 Å². The van der Waals surface area contributed by atoms with Crippen LogP contribution in [0.1, 0.15) is 122 Å². The summed E-state index contributed by atoms with van der Waals surface area (Å²) in [5.74, 6) is 6.12. The Kier molecular flexibility index (Phi) is 8.94. The normalized spacial score (nSPS) is 32.4. The lowest BCUT2D eigenvalue weighted by atomic mass is 9.47. The number of ether oxygens (including phenoxy) is 1.